The van der Waals surface area contributed by atoms with E-state index < -0.39 is 0 Å². The van der Waals surface area contributed by atoms with Gasteiger partial charge in [0.05, 0.1) is 5.39 Å². The molecule has 0 bridgehead atoms. The van der Waals surface area contributed by atoms with Crippen LogP contribution < -0.4 is 4.73 Å². The summed E-state index contributed by atoms with van der Waals surface area (Å²) in [6.45, 7) is 0. The monoisotopic (exact) mass is 161 g/mol. The molecule has 0 unspecified atom stereocenters. The zero-order valence-electron chi connectivity index (χ0n) is 6.27. The van der Waals surface area contributed by atoms with Crippen molar-refractivity contribution < 1.29 is 9.84 Å². The van der Waals surface area contributed by atoms with E-state index >= 15 is 0 Å². The summed E-state index contributed by atoms with van der Waals surface area (Å²) in [6.07, 6.45) is 2.79. The number of fused-ring (bicyclic) bond motifs is 1. The molecule has 1 aromatic carbocycles. The third-order valence-corrected chi connectivity index (χ3v) is 1.77. The van der Waals surface area contributed by atoms with Crippen LogP contribution in [0.1, 0.15) is 0 Å². The second-order valence-electron chi connectivity index (χ2n) is 2.58. The van der Waals surface area contributed by atoms with Crippen molar-refractivity contribution in [2.24, 2.45) is 0 Å². The molecule has 0 atom stereocenters. The minimum atomic E-state index is 0.202. The Balaban J connectivity index is 2.86. The SMILES string of the molecule is [O-][n+]1ccc2c(O)cccc2c1. The molecule has 0 radical (unpaired) electrons. The molecule has 2 aromatic rings. The van der Waals surface area contributed by atoms with Gasteiger partial charge < -0.3 is 10.3 Å². The molecule has 0 fully saturated rings. The van der Waals surface area contributed by atoms with Gasteiger partial charge in [0.2, 0.25) is 0 Å². The summed E-state index contributed by atoms with van der Waals surface area (Å²) in [5, 5.41) is 21.6. The molecule has 1 aromatic heterocycles. The van der Waals surface area contributed by atoms with Crippen LogP contribution in [0.2, 0.25) is 0 Å². The summed E-state index contributed by atoms with van der Waals surface area (Å²) in [6, 6.07) is 6.68. The average Bonchev–Trinajstić information content (AvgIpc) is 2.04. The van der Waals surface area contributed by atoms with Crippen LogP contribution >= 0.6 is 0 Å². The number of hydrogen-bond acceptors (Lipinski definition) is 2. The maximum absolute atomic E-state index is 10.8. The van der Waals surface area contributed by atoms with E-state index in [1.165, 1.54) is 12.4 Å². The molecule has 0 aliphatic rings. The second kappa shape index (κ2) is 2.37. The van der Waals surface area contributed by atoms with Gasteiger partial charge in [0.15, 0.2) is 12.4 Å². The summed E-state index contributed by atoms with van der Waals surface area (Å²) in [5.74, 6) is 0.202. The first-order valence-corrected chi connectivity index (χ1v) is 3.58. The summed E-state index contributed by atoms with van der Waals surface area (Å²) >= 11 is 0. The standard InChI is InChI=1S/C9H7NO2/c11-9-3-1-2-7-6-10(12)5-4-8(7)9/h1-6,11H. The number of aromatic nitrogens is 1. The molecule has 0 aliphatic carbocycles. The fourth-order valence-electron chi connectivity index (χ4n) is 1.19. The van der Waals surface area contributed by atoms with Crippen LogP contribution in [0.4, 0.5) is 0 Å². The Morgan fingerprint density at radius 2 is 2.08 bits per heavy atom. The molecule has 0 saturated carbocycles. The van der Waals surface area contributed by atoms with Gasteiger partial charge in [0.25, 0.3) is 0 Å². The van der Waals surface area contributed by atoms with Crippen LogP contribution in [-0.2, 0) is 0 Å². The van der Waals surface area contributed by atoms with Gasteiger partial charge in [0.1, 0.15) is 5.75 Å². The molecule has 0 spiro atoms. The molecule has 2 rings (SSSR count). The van der Waals surface area contributed by atoms with Crippen LogP contribution in [0.15, 0.2) is 36.7 Å². The molecular weight excluding hydrogens is 154 g/mol. The average molecular weight is 161 g/mol. The van der Waals surface area contributed by atoms with E-state index in [4.69, 9.17) is 0 Å². The lowest BCUT2D eigenvalue weighted by Gasteiger charge is -1.99. The maximum Gasteiger partial charge on any atom is 0.188 e. The minimum absolute atomic E-state index is 0.202. The van der Waals surface area contributed by atoms with Crippen LogP contribution in [0, 0.1) is 5.21 Å². The Morgan fingerprint density at radius 1 is 1.25 bits per heavy atom. The Kier molecular flexibility index (Phi) is 1.37. The summed E-state index contributed by atoms with van der Waals surface area (Å²) in [7, 11) is 0. The second-order valence-corrected chi connectivity index (χ2v) is 2.58. The topological polar surface area (TPSA) is 47.2 Å². The zero-order valence-corrected chi connectivity index (χ0v) is 6.27. The molecule has 0 aliphatic heterocycles. The van der Waals surface area contributed by atoms with Gasteiger partial charge in [-0.05, 0) is 12.1 Å². The molecule has 0 saturated heterocycles. The third kappa shape index (κ3) is 0.955. The van der Waals surface area contributed by atoms with Crippen LogP contribution in [-0.4, -0.2) is 5.11 Å². The van der Waals surface area contributed by atoms with Gasteiger partial charge in [-0.2, -0.15) is 4.73 Å². The van der Waals surface area contributed by atoms with Gasteiger partial charge >= 0.3 is 0 Å². The maximum atomic E-state index is 10.8. The van der Waals surface area contributed by atoms with E-state index in [2.05, 4.69) is 0 Å². The number of hydrogen-bond donors (Lipinski definition) is 1. The largest absolute Gasteiger partial charge is 0.619 e. The minimum Gasteiger partial charge on any atom is -0.619 e. The number of pyridine rings is 1. The lowest BCUT2D eigenvalue weighted by molar-refractivity contribution is -0.603. The van der Waals surface area contributed by atoms with Crippen molar-refractivity contribution in [3.8, 4) is 5.75 Å². The van der Waals surface area contributed by atoms with Crippen LogP contribution in [0.25, 0.3) is 10.8 Å². The highest BCUT2D eigenvalue weighted by molar-refractivity contribution is 5.86. The fourth-order valence-corrected chi connectivity index (χ4v) is 1.19. The number of phenolic OH excluding ortho intramolecular Hbond substituents is 1. The highest BCUT2D eigenvalue weighted by Crippen LogP contribution is 2.21. The van der Waals surface area contributed by atoms with Gasteiger partial charge in [-0.3, -0.25) is 0 Å². The first-order valence-electron chi connectivity index (χ1n) is 3.58. The predicted octanol–water partition coefficient (Wildman–Crippen LogP) is 1.18. The highest BCUT2D eigenvalue weighted by Gasteiger charge is 2.00. The van der Waals surface area contributed by atoms with Crippen molar-refractivity contribution in [2.75, 3.05) is 0 Å². The zero-order chi connectivity index (χ0) is 8.55. The molecule has 0 amide bonds. The van der Waals surface area contributed by atoms with Crippen molar-refractivity contribution in [3.05, 3.63) is 41.9 Å². The van der Waals surface area contributed by atoms with Crippen molar-refractivity contribution in [1.29, 1.82) is 0 Å². The molecule has 12 heavy (non-hydrogen) atoms. The Labute approximate surface area is 69.1 Å². The lowest BCUT2D eigenvalue weighted by Crippen LogP contribution is -2.23. The molecule has 1 N–H and O–H groups in total. The van der Waals surface area contributed by atoms with E-state index in [-0.39, 0.29) is 5.75 Å². The first-order chi connectivity index (χ1) is 5.77. The Bertz CT molecular complexity index is 426. The molecule has 60 valence electrons. The van der Waals surface area contributed by atoms with E-state index in [0.29, 0.717) is 10.1 Å². The van der Waals surface area contributed by atoms with Crippen LogP contribution in [0.3, 0.4) is 0 Å². The van der Waals surface area contributed by atoms with Crippen LogP contribution in [0.5, 0.6) is 5.75 Å². The quantitative estimate of drug-likeness (QED) is 0.466. The number of rotatable bonds is 0. The number of aromatic hydroxyl groups is 1. The van der Waals surface area contributed by atoms with Crippen molar-refractivity contribution in [1.82, 2.24) is 0 Å². The van der Waals surface area contributed by atoms with Crippen molar-refractivity contribution >= 4 is 10.8 Å². The number of nitrogens with zero attached hydrogens (tertiary/aromatic N) is 1. The van der Waals surface area contributed by atoms with Gasteiger partial charge in [-0.1, -0.05) is 6.07 Å². The Morgan fingerprint density at radius 3 is 2.92 bits per heavy atom. The lowest BCUT2D eigenvalue weighted by atomic mass is 10.2. The first kappa shape index (κ1) is 6.91. The normalized spacial score (nSPS) is 10.3. The highest BCUT2D eigenvalue weighted by atomic mass is 16.5. The Hall–Kier alpha value is -1.77. The van der Waals surface area contributed by atoms with Crippen molar-refractivity contribution in [2.45, 2.75) is 0 Å². The molecular formula is C9H7NO2. The summed E-state index contributed by atoms with van der Waals surface area (Å²) in [4.78, 5) is 0. The van der Waals surface area contributed by atoms with Gasteiger partial charge in [0, 0.05) is 11.5 Å². The molecule has 3 heteroatoms. The fraction of sp³-hybridized carbons (Fsp3) is 0. The van der Waals surface area contributed by atoms with E-state index in [1.54, 1.807) is 24.3 Å². The van der Waals surface area contributed by atoms with Gasteiger partial charge in [-0.25, -0.2) is 0 Å². The third-order valence-electron chi connectivity index (χ3n) is 1.77. The summed E-state index contributed by atoms with van der Waals surface area (Å²) in [5.41, 5.74) is 0. The van der Waals surface area contributed by atoms with E-state index in [1.807, 2.05) is 0 Å². The molecule has 3 nitrogen and oxygen atoms in total. The predicted molar refractivity (Wildman–Crippen MR) is 44.6 cm³/mol. The smallest absolute Gasteiger partial charge is 0.188 e. The number of benzene rings is 1. The molecule has 1 heterocycles. The summed E-state index contributed by atoms with van der Waals surface area (Å²) < 4.78 is 0.710. The van der Waals surface area contributed by atoms with Gasteiger partial charge in [-0.15, -0.1) is 0 Å². The van der Waals surface area contributed by atoms with E-state index in [9.17, 15) is 10.3 Å². The number of phenols is 1. The van der Waals surface area contributed by atoms with E-state index in [0.717, 1.165) is 5.39 Å². The van der Waals surface area contributed by atoms with Crippen molar-refractivity contribution in [3.63, 3.8) is 0 Å².